The molecular weight excluding hydrogens is 296 g/mol. The Morgan fingerprint density at radius 2 is 1.33 bits per heavy atom. The van der Waals surface area contributed by atoms with E-state index in [1.807, 2.05) is 54.6 Å². The molecule has 24 heavy (non-hydrogen) atoms. The van der Waals surface area contributed by atoms with E-state index in [0.717, 1.165) is 29.9 Å². The molecule has 0 amide bonds. The fourth-order valence-electron chi connectivity index (χ4n) is 2.72. The zero-order valence-electron chi connectivity index (χ0n) is 14.7. The fourth-order valence-corrected chi connectivity index (χ4v) is 2.72. The lowest BCUT2D eigenvalue weighted by Crippen LogP contribution is -1.98. The molecule has 0 fully saturated rings. The van der Waals surface area contributed by atoms with Gasteiger partial charge in [0.1, 0.15) is 11.5 Å². The van der Waals surface area contributed by atoms with Gasteiger partial charge in [0, 0.05) is 12.0 Å². The molecule has 128 valence electrons. The monoisotopic (exact) mass is 324 g/mol. The Hall–Kier alpha value is -2.09. The second-order valence-electron chi connectivity index (χ2n) is 6.23. The summed E-state index contributed by atoms with van der Waals surface area (Å²) in [6, 6.07) is 17.1. The maximum atomic E-state index is 12.2. The van der Waals surface area contributed by atoms with Gasteiger partial charge in [-0.3, -0.25) is 4.79 Å². The van der Waals surface area contributed by atoms with Crippen molar-refractivity contribution in [2.75, 3.05) is 0 Å². The van der Waals surface area contributed by atoms with Crippen molar-refractivity contribution in [3.63, 3.8) is 0 Å². The lowest BCUT2D eigenvalue weighted by atomic mass is 10.0. The van der Waals surface area contributed by atoms with Gasteiger partial charge in [-0.15, -0.1) is 0 Å². The number of Topliss-reactive ketones (excluding diaryl/α,β-unsaturated/α-hetero) is 1. The van der Waals surface area contributed by atoms with Crippen molar-refractivity contribution in [1.29, 1.82) is 0 Å². The predicted octanol–water partition coefficient (Wildman–Crippen LogP) is 6.80. The summed E-state index contributed by atoms with van der Waals surface area (Å²) >= 11 is 0. The Bertz CT molecular complexity index is 587. The van der Waals surface area contributed by atoms with Gasteiger partial charge in [-0.05, 0) is 42.8 Å². The second kappa shape index (κ2) is 10.6. The van der Waals surface area contributed by atoms with Crippen molar-refractivity contribution in [2.45, 2.75) is 58.3 Å². The van der Waals surface area contributed by atoms with Gasteiger partial charge in [-0.25, -0.2) is 0 Å². The maximum Gasteiger partial charge on any atom is 0.162 e. The van der Waals surface area contributed by atoms with Crippen LogP contribution in [0.25, 0.3) is 0 Å². The SMILES string of the molecule is CCCCCCCCCC(=O)c1ccc(Oc2ccccc2)cc1. The summed E-state index contributed by atoms with van der Waals surface area (Å²) in [5.41, 5.74) is 0.779. The van der Waals surface area contributed by atoms with Crippen LogP contribution >= 0.6 is 0 Å². The lowest BCUT2D eigenvalue weighted by Gasteiger charge is -2.06. The zero-order chi connectivity index (χ0) is 17.0. The molecule has 0 aliphatic carbocycles. The fraction of sp³-hybridized carbons (Fsp3) is 0.409. The number of hydrogen-bond donors (Lipinski definition) is 0. The average Bonchev–Trinajstić information content (AvgIpc) is 2.62. The first-order chi connectivity index (χ1) is 11.8. The summed E-state index contributed by atoms with van der Waals surface area (Å²) in [6.45, 7) is 2.23. The molecule has 0 aromatic heterocycles. The van der Waals surface area contributed by atoms with Crippen LogP contribution in [0.15, 0.2) is 54.6 Å². The maximum absolute atomic E-state index is 12.2. The minimum Gasteiger partial charge on any atom is -0.457 e. The van der Waals surface area contributed by atoms with Crippen molar-refractivity contribution in [1.82, 2.24) is 0 Å². The van der Waals surface area contributed by atoms with Crippen LogP contribution < -0.4 is 4.74 Å². The highest BCUT2D eigenvalue weighted by Crippen LogP contribution is 2.21. The molecule has 0 aliphatic heterocycles. The second-order valence-corrected chi connectivity index (χ2v) is 6.23. The van der Waals surface area contributed by atoms with Crippen LogP contribution in [0.2, 0.25) is 0 Å². The van der Waals surface area contributed by atoms with Crippen LogP contribution in [0.3, 0.4) is 0 Å². The molecule has 0 saturated carbocycles. The lowest BCUT2D eigenvalue weighted by molar-refractivity contribution is 0.0979. The summed E-state index contributed by atoms with van der Waals surface area (Å²) < 4.78 is 5.75. The van der Waals surface area contributed by atoms with Crippen LogP contribution in [0.4, 0.5) is 0 Å². The number of carbonyl (C=O) groups excluding carboxylic acids is 1. The van der Waals surface area contributed by atoms with Crippen molar-refractivity contribution < 1.29 is 9.53 Å². The molecule has 0 N–H and O–H groups in total. The third-order valence-electron chi connectivity index (χ3n) is 4.16. The summed E-state index contributed by atoms with van der Waals surface area (Å²) in [5, 5.41) is 0. The highest BCUT2D eigenvalue weighted by atomic mass is 16.5. The molecule has 0 aliphatic rings. The number of ketones is 1. The summed E-state index contributed by atoms with van der Waals surface area (Å²) in [6.07, 6.45) is 9.28. The molecule has 0 saturated heterocycles. The normalized spacial score (nSPS) is 10.5. The van der Waals surface area contributed by atoms with Crippen LogP contribution in [0.1, 0.15) is 68.6 Å². The van der Waals surface area contributed by atoms with E-state index in [1.54, 1.807) is 0 Å². The van der Waals surface area contributed by atoms with Crippen LogP contribution in [-0.2, 0) is 0 Å². The van der Waals surface area contributed by atoms with E-state index in [4.69, 9.17) is 4.74 Å². The number of para-hydroxylation sites is 1. The minimum absolute atomic E-state index is 0.231. The first kappa shape index (κ1) is 18.3. The van der Waals surface area contributed by atoms with Crippen LogP contribution in [0, 0.1) is 0 Å². The molecule has 0 atom stereocenters. The van der Waals surface area contributed by atoms with Gasteiger partial charge < -0.3 is 4.74 Å². The third kappa shape index (κ3) is 6.57. The summed E-state index contributed by atoms with van der Waals surface area (Å²) in [5.74, 6) is 1.79. The summed E-state index contributed by atoms with van der Waals surface area (Å²) in [7, 11) is 0. The summed E-state index contributed by atoms with van der Waals surface area (Å²) in [4.78, 5) is 12.2. The Kier molecular flexibility index (Phi) is 8.09. The van der Waals surface area contributed by atoms with Crippen LogP contribution in [-0.4, -0.2) is 5.78 Å². The minimum atomic E-state index is 0.231. The van der Waals surface area contributed by atoms with Gasteiger partial charge in [0.2, 0.25) is 0 Å². The van der Waals surface area contributed by atoms with Gasteiger partial charge in [-0.1, -0.05) is 63.6 Å². The highest BCUT2D eigenvalue weighted by molar-refractivity contribution is 5.96. The van der Waals surface area contributed by atoms with E-state index >= 15 is 0 Å². The Balaban J connectivity index is 1.71. The molecular formula is C22H28O2. The van der Waals surface area contributed by atoms with E-state index in [-0.39, 0.29) is 5.78 Å². The van der Waals surface area contributed by atoms with Crippen molar-refractivity contribution in [3.8, 4) is 11.5 Å². The first-order valence-corrected chi connectivity index (χ1v) is 9.16. The molecule has 2 aromatic carbocycles. The Morgan fingerprint density at radius 1 is 0.750 bits per heavy atom. The van der Waals surface area contributed by atoms with Gasteiger partial charge in [0.25, 0.3) is 0 Å². The molecule has 2 aromatic rings. The van der Waals surface area contributed by atoms with Gasteiger partial charge in [-0.2, -0.15) is 0 Å². The predicted molar refractivity (Wildman–Crippen MR) is 99.9 cm³/mol. The number of carbonyl (C=O) groups is 1. The standard InChI is InChI=1S/C22H28O2/c1-2-3-4-5-6-7-11-14-22(23)19-15-17-21(18-16-19)24-20-12-9-8-10-13-20/h8-10,12-13,15-18H,2-7,11,14H2,1H3. The molecule has 0 unspecified atom stereocenters. The quantitative estimate of drug-likeness (QED) is 0.335. The molecule has 2 rings (SSSR count). The molecule has 2 nitrogen and oxygen atoms in total. The van der Waals surface area contributed by atoms with Crippen LogP contribution in [0.5, 0.6) is 11.5 Å². The number of benzene rings is 2. The smallest absolute Gasteiger partial charge is 0.162 e. The largest absolute Gasteiger partial charge is 0.457 e. The average molecular weight is 324 g/mol. The first-order valence-electron chi connectivity index (χ1n) is 9.16. The third-order valence-corrected chi connectivity index (χ3v) is 4.16. The van der Waals surface area contributed by atoms with E-state index in [0.29, 0.717) is 6.42 Å². The topological polar surface area (TPSA) is 26.3 Å². The van der Waals surface area contributed by atoms with Gasteiger partial charge in [0.15, 0.2) is 5.78 Å². The van der Waals surface area contributed by atoms with Gasteiger partial charge in [0.05, 0.1) is 0 Å². The number of hydrogen-bond acceptors (Lipinski definition) is 2. The number of unbranched alkanes of at least 4 members (excludes halogenated alkanes) is 6. The number of ether oxygens (including phenoxy) is 1. The van der Waals surface area contributed by atoms with E-state index in [1.165, 1.54) is 32.1 Å². The van der Waals surface area contributed by atoms with E-state index in [2.05, 4.69) is 6.92 Å². The molecule has 0 spiro atoms. The van der Waals surface area contributed by atoms with E-state index < -0.39 is 0 Å². The molecule has 0 heterocycles. The van der Waals surface area contributed by atoms with Crippen molar-refractivity contribution in [2.24, 2.45) is 0 Å². The van der Waals surface area contributed by atoms with Gasteiger partial charge >= 0.3 is 0 Å². The van der Waals surface area contributed by atoms with Crippen molar-refractivity contribution in [3.05, 3.63) is 60.2 Å². The Labute approximate surface area is 145 Å². The zero-order valence-corrected chi connectivity index (χ0v) is 14.7. The van der Waals surface area contributed by atoms with E-state index in [9.17, 15) is 4.79 Å². The highest BCUT2D eigenvalue weighted by Gasteiger charge is 2.06. The molecule has 2 heteroatoms. The van der Waals surface area contributed by atoms with Crippen molar-refractivity contribution >= 4 is 5.78 Å². The molecule has 0 bridgehead atoms. The Morgan fingerprint density at radius 3 is 2.00 bits per heavy atom. The number of rotatable bonds is 11. The molecule has 0 radical (unpaired) electrons.